The third-order valence-corrected chi connectivity index (χ3v) is 6.84. The fourth-order valence-electron chi connectivity index (χ4n) is 3.96. The molecule has 7 heteroatoms. The SMILES string of the molecule is O=C(Nc1cc(C(=O)N2CC=C(c3c[nH]c4ccccc34)CC2)ccc1Cl)c1cccs1. The number of thiophene rings is 1. The van der Waals surface area contributed by atoms with E-state index in [0.717, 1.165) is 11.9 Å². The van der Waals surface area contributed by atoms with Gasteiger partial charge < -0.3 is 15.2 Å². The monoisotopic (exact) mass is 461 g/mol. The van der Waals surface area contributed by atoms with Gasteiger partial charge in [0.25, 0.3) is 11.8 Å². The molecule has 2 N–H and O–H groups in total. The highest BCUT2D eigenvalue weighted by atomic mass is 35.5. The van der Waals surface area contributed by atoms with Crippen molar-refractivity contribution in [2.45, 2.75) is 6.42 Å². The summed E-state index contributed by atoms with van der Waals surface area (Å²) in [5.74, 6) is -0.321. The van der Waals surface area contributed by atoms with Crippen LogP contribution in [-0.2, 0) is 0 Å². The molecule has 2 aromatic carbocycles. The van der Waals surface area contributed by atoms with Crippen LogP contribution < -0.4 is 5.32 Å². The molecule has 1 aliphatic rings. The Kier molecular flexibility index (Phi) is 5.55. The van der Waals surface area contributed by atoms with Crippen LogP contribution in [0.2, 0.25) is 5.02 Å². The Morgan fingerprint density at radius 2 is 1.97 bits per heavy atom. The number of carbonyl (C=O) groups is 2. The van der Waals surface area contributed by atoms with Crippen molar-refractivity contribution in [3.63, 3.8) is 0 Å². The number of carbonyl (C=O) groups excluding carboxylic acids is 2. The van der Waals surface area contributed by atoms with Crippen molar-refractivity contribution >= 4 is 56.9 Å². The van der Waals surface area contributed by atoms with E-state index >= 15 is 0 Å². The Morgan fingerprint density at radius 3 is 2.75 bits per heavy atom. The lowest BCUT2D eigenvalue weighted by atomic mass is 9.98. The molecule has 0 spiro atoms. The van der Waals surface area contributed by atoms with Crippen LogP contribution in [0.1, 0.15) is 32.0 Å². The van der Waals surface area contributed by atoms with Crippen LogP contribution >= 0.6 is 22.9 Å². The molecule has 1 aliphatic heterocycles. The number of hydrogen-bond donors (Lipinski definition) is 2. The zero-order chi connectivity index (χ0) is 22.1. The number of benzene rings is 2. The minimum absolute atomic E-state index is 0.0810. The fraction of sp³-hybridized carbons (Fsp3) is 0.120. The highest BCUT2D eigenvalue weighted by Crippen LogP contribution is 2.30. The van der Waals surface area contributed by atoms with E-state index in [4.69, 9.17) is 11.6 Å². The Hall–Kier alpha value is -3.35. The molecule has 0 fully saturated rings. The average molecular weight is 462 g/mol. The maximum atomic E-state index is 13.1. The standard InChI is InChI=1S/C25H20ClN3O2S/c26-20-8-7-17(14-22(20)28-24(30)23-6-3-13-32-23)25(31)29-11-9-16(10-12-29)19-15-27-21-5-2-1-4-18(19)21/h1-9,13-15,27H,10-12H2,(H,28,30). The molecule has 5 rings (SSSR count). The van der Waals surface area contributed by atoms with Crippen molar-refractivity contribution in [1.29, 1.82) is 0 Å². The van der Waals surface area contributed by atoms with Gasteiger partial charge in [-0.2, -0.15) is 0 Å². The number of fused-ring (bicyclic) bond motifs is 1. The fourth-order valence-corrected chi connectivity index (χ4v) is 4.75. The lowest BCUT2D eigenvalue weighted by Crippen LogP contribution is -2.34. The second-order valence-corrected chi connectivity index (χ2v) is 8.96. The third kappa shape index (κ3) is 3.95. The zero-order valence-electron chi connectivity index (χ0n) is 17.1. The minimum Gasteiger partial charge on any atom is -0.361 e. The summed E-state index contributed by atoms with van der Waals surface area (Å²) in [5, 5.41) is 6.24. The summed E-state index contributed by atoms with van der Waals surface area (Å²) in [4.78, 5) is 31.2. The first-order chi connectivity index (χ1) is 15.6. The first kappa shape index (κ1) is 20.5. The molecule has 4 aromatic rings. The molecule has 0 saturated heterocycles. The number of rotatable bonds is 4. The van der Waals surface area contributed by atoms with Crippen molar-refractivity contribution < 1.29 is 9.59 Å². The number of nitrogens with zero attached hydrogens (tertiary/aromatic N) is 1. The summed E-state index contributed by atoms with van der Waals surface area (Å²) < 4.78 is 0. The van der Waals surface area contributed by atoms with Gasteiger partial charge in [-0.15, -0.1) is 11.3 Å². The molecule has 2 aromatic heterocycles. The minimum atomic E-state index is -0.240. The van der Waals surface area contributed by atoms with Crippen molar-refractivity contribution in [3.05, 3.63) is 93.3 Å². The summed E-state index contributed by atoms with van der Waals surface area (Å²) >= 11 is 7.62. The number of para-hydroxylation sites is 1. The van der Waals surface area contributed by atoms with E-state index in [1.54, 1.807) is 24.3 Å². The predicted octanol–water partition coefficient (Wildman–Crippen LogP) is 6.06. The summed E-state index contributed by atoms with van der Waals surface area (Å²) in [7, 11) is 0. The maximum Gasteiger partial charge on any atom is 0.265 e. The number of H-pyrrole nitrogens is 1. The first-order valence-electron chi connectivity index (χ1n) is 10.3. The zero-order valence-corrected chi connectivity index (χ0v) is 18.7. The largest absolute Gasteiger partial charge is 0.361 e. The number of halogens is 1. The van der Waals surface area contributed by atoms with E-state index in [9.17, 15) is 9.59 Å². The summed E-state index contributed by atoms with van der Waals surface area (Å²) in [6.45, 7) is 1.16. The van der Waals surface area contributed by atoms with E-state index in [2.05, 4.69) is 28.5 Å². The van der Waals surface area contributed by atoms with Gasteiger partial charge in [-0.3, -0.25) is 9.59 Å². The van der Waals surface area contributed by atoms with Crippen molar-refractivity contribution in [1.82, 2.24) is 9.88 Å². The molecule has 2 amide bonds. The van der Waals surface area contributed by atoms with Crippen molar-refractivity contribution in [3.8, 4) is 0 Å². The molecule has 0 bridgehead atoms. The number of anilines is 1. The topological polar surface area (TPSA) is 65.2 Å². The smallest absolute Gasteiger partial charge is 0.265 e. The number of aromatic nitrogens is 1. The molecule has 32 heavy (non-hydrogen) atoms. The molecule has 0 saturated carbocycles. The first-order valence-corrected chi connectivity index (χ1v) is 11.5. The third-order valence-electron chi connectivity index (χ3n) is 5.64. The van der Waals surface area contributed by atoms with Crippen molar-refractivity contribution in [2.24, 2.45) is 0 Å². The lowest BCUT2D eigenvalue weighted by Gasteiger charge is -2.27. The van der Waals surface area contributed by atoms with E-state index in [1.807, 2.05) is 34.7 Å². The number of aromatic amines is 1. The van der Waals surface area contributed by atoms with Gasteiger partial charge in [0.15, 0.2) is 0 Å². The Labute approximate surface area is 194 Å². The molecule has 0 aliphatic carbocycles. The second-order valence-electron chi connectivity index (χ2n) is 7.60. The quantitative estimate of drug-likeness (QED) is 0.387. The number of hydrogen-bond acceptors (Lipinski definition) is 3. The number of amides is 2. The van der Waals surface area contributed by atoms with Crippen LogP contribution in [0, 0.1) is 0 Å². The second kappa shape index (κ2) is 8.65. The maximum absolute atomic E-state index is 13.1. The average Bonchev–Trinajstić information content (AvgIpc) is 3.51. The molecule has 0 atom stereocenters. The van der Waals surface area contributed by atoms with Gasteiger partial charge in [0.1, 0.15) is 0 Å². The van der Waals surface area contributed by atoms with Crippen molar-refractivity contribution in [2.75, 3.05) is 18.4 Å². The normalized spacial score (nSPS) is 13.8. The molecular weight excluding hydrogens is 442 g/mol. The van der Waals surface area contributed by atoms with E-state index < -0.39 is 0 Å². The highest BCUT2D eigenvalue weighted by Gasteiger charge is 2.21. The molecular formula is C25H20ClN3O2S. The summed E-state index contributed by atoms with van der Waals surface area (Å²) in [6, 6.07) is 16.8. The Balaban J connectivity index is 1.32. The molecule has 0 unspecified atom stereocenters. The van der Waals surface area contributed by atoms with Crippen LogP contribution in [0.5, 0.6) is 0 Å². The Morgan fingerprint density at radius 1 is 1.09 bits per heavy atom. The highest BCUT2D eigenvalue weighted by molar-refractivity contribution is 7.12. The van der Waals surface area contributed by atoms with Crippen LogP contribution in [0.15, 0.2) is 72.3 Å². The van der Waals surface area contributed by atoms with Gasteiger partial charge in [0.05, 0.1) is 15.6 Å². The van der Waals surface area contributed by atoms with Gasteiger partial charge >= 0.3 is 0 Å². The van der Waals surface area contributed by atoms with Gasteiger partial charge in [-0.25, -0.2) is 0 Å². The van der Waals surface area contributed by atoms with Gasteiger partial charge in [0.2, 0.25) is 0 Å². The molecule has 0 radical (unpaired) electrons. The summed E-state index contributed by atoms with van der Waals surface area (Å²) in [5.41, 5.74) is 4.48. The molecule has 5 nitrogen and oxygen atoms in total. The summed E-state index contributed by atoms with van der Waals surface area (Å²) in [6.07, 6.45) is 4.94. The molecule has 3 heterocycles. The van der Waals surface area contributed by atoms with E-state index in [0.29, 0.717) is 34.2 Å². The van der Waals surface area contributed by atoms with Crippen LogP contribution in [0.25, 0.3) is 16.5 Å². The van der Waals surface area contributed by atoms with Crippen LogP contribution in [0.4, 0.5) is 5.69 Å². The van der Waals surface area contributed by atoms with Crippen LogP contribution in [0.3, 0.4) is 0 Å². The molecule has 160 valence electrons. The lowest BCUT2D eigenvalue weighted by molar-refractivity contribution is 0.0772. The van der Waals surface area contributed by atoms with Gasteiger partial charge in [-0.05, 0) is 47.7 Å². The Bertz CT molecular complexity index is 1340. The van der Waals surface area contributed by atoms with Gasteiger partial charge in [0, 0.05) is 41.3 Å². The van der Waals surface area contributed by atoms with Gasteiger partial charge in [-0.1, -0.05) is 41.9 Å². The number of nitrogens with one attached hydrogen (secondary N) is 2. The predicted molar refractivity (Wildman–Crippen MR) is 131 cm³/mol. The van der Waals surface area contributed by atoms with E-state index in [1.165, 1.54) is 27.9 Å². The van der Waals surface area contributed by atoms with Crippen LogP contribution in [-0.4, -0.2) is 34.8 Å². The van der Waals surface area contributed by atoms with E-state index in [-0.39, 0.29) is 11.8 Å².